The number of carbonyl (C=O) groups is 1. The zero-order chi connectivity index (χ0) is 21.2. The van der Waals surface area contributed by atoms with E-state index in [4.69, 9.17) is 4.74 Å². The third kappa shape index (κ3) is 3.88. The Balaban J connectivity index is 1.36. The lowest BCUT2D eigenvalue weighted by Crippen LogP contribution is -2.35. The molecule has 8 heteroatoms. The number of fused-ring (bicyclic) bond motifs is 1. The summed E-state index contributed by atoms with van der Waals surface area (Å²) in [4.78, 5) is 23.7. The largest absolute Gasteiger partial charge is 0.497 e. The highest BCUT2D eigenvalue weighted by atomic mass is 16.5. The second kappa shape index (κ2) is 8.22. The number of amides is 1. The molecule has 0 bridgehead atoms. The summed E-state index contributed by atoms with van der Waals surface area (Å²) in [7, 11) is 1.66. The second-order valence-corrected chi connectivity index (χ2v) is 7.78. The molecule has 4 aromatic rings. The lowest BCUT2D eigenvalue weighted by molar-refractivity contribution is 0.0724. The van der Waals surface area contributed by atoms with Crippen molar-refractivity contribution in [3.8, 4) is 11.4 Å². The van der Waals surface area contributed by atoms with Gasteiger partial charge in [-0.3, -0.25) is 14.0 Å². The molecule has 4 heterocycles. The Hall–Kier alpha value is -3.68. The summed E-state index contributed by atoms with van der Waals surface area (Å²) < 4.78 is 8.97. The third-order valence-corrected chi connectivity index (χ3v) is 5.68. The molecule has 0 N–H and O–H groups in total. The average molecular weight is 416 g/mol. The molecule has 3 aromatic heterocycles. The van der Waals surface area contributed by atoms with Crippen LogP contribution >= 0.6 is 0 Å². The summed E-state index contributed by atoms with van der Waals surface area (Å²) in [6.07, 6.45) is 10.4. The second-order valence-electron chi connectivity index (χ2n) is 7.78. The number of rotatable bonds is 5. The van der Waals surface area contributed by atoms with E-state index in [1.54, 1.807) is 25.8 Å². The van der Waals surface area contributed by atoms with E-state index in [0.717, 1.165) is 42.9 Å². The Morgan fingerprint density at radius 2 is 1.87 bits per heavy atom. The highest BCUT2D eigenvalue weighted by Gasteiger charge is 2.19. The number of benzene rings is 1. The van der Waals surface area contributed by atoms with Gasteiger partial charge in [-0.2, -0.15) is 5.10 Å². The summed E-state index contributed by atoms with van der Waals surface area (Å²) in [5.41, 5.74) is 4.00. The van der Waals surface area contributed by atoms with Gasteiger partial charge in [0.1, 0.15) is 17.6 Å². The van der Waals surface area contributed by atoms with E-state index in [2.05, 4.69) is 15.1 Å². The molecular weight excluding hydrogens is 392 g/mol. The number of piperidine rings is 1. The fourth-order valence-electron chi connectivity index (χ4n) is 3.97. The van der Waals surface area contributed by atoms with Gasteiger partial charge in [0.15, 0.2) is 5.65 Å². The van der Waals surface area contributed by atoms with E-state index in [0.29, 0.717) is 23.3 Å². The topological polar surface area (TPSA) is 78.1 Å². The summed E-state index contributed by atoms with van der Waals surface area (Å²) in [5.74, 6) is 0.870. The van der Waals surface area contributed by atoms with Gasteiger partial charge in [-0.25, -0.2) is 9.97 Å². The van der Waals surface area contributed by atoms with Crippen LogP contribution in [-0.4, -0.2) is 55.3 Å². The lowest BCUT2D eigenvalue weighted by atomic mass is 10.1. The standard InChI is InChI=1S/C23H24N6O2/c1-31-20-7-5-17(6-8-20)14-28-15-19(13-26-28)29-16-25-21-11-18(12-24-22(21)29)23(30)27-9-3-2-4-10-27/h5-8,11-13,15-16H,2-4,9-10,14H2,1H3. The van der Waals surface area contributed by atoms with Gasteiger partial charge in [-0.15, -0.1) is 0 Å². The number of pyridine rings is 1. The van der Waals surface area contributed by atoms with Crippen molar-refractivity contribution in [3.63, 3.8) is 0 Å². The van der Waals surface area contributed by atoms with Crippen LogP contribution in [0.2, 0.25) is 0 Å². The Kier molecular flexibility index (Phi) is 5.11. The van der Waals surface area contributed by atoms with Crippen molar-refractivity contribution in [2.24, 2.45) is 0 Å². The van der Waals surface area contributed by atoms with Crippen LogP contribution in [-0.2, 0) is 6.54 Å². The first kappa shape index (κ1) is 19.3. The first-order chi connectivity index (χ1) is 15.2. The number of hydrogen-bond acceptors (Lipinski definition) is 5. The van der Waals surface area contributed by atoms with Crippen molar-refractivity contribution >= 4 is 17.1 Å². The van der Waals surface area contributed by atoms with E-state index in [1.165, 1.54) is 6.42 Å². The number of methoxy groups -OCH3 is 1. The zero-order valence-electron chi connectivity index (χ0n) is 17.4. The maximum absolute atomic E-state index is 12.8. The quantitative estimate of drug-likeness (QED) is 0.499. The van der Waals surface area contributed by atoms with E-state index in [-0.39, 0.29) is 5.91 Å². The molecule has 1 amide bonds. The lowest BCUT2D eigenvalue weighted by Gasteiger charge is -2.26. The minimum Gasteiger partial charge on any atom is -0.497 e. The molecule has 8 nitrogen and oxygen atoms in total. The van der Waals surface area contributed by atoms with Crippen LogP contribution in [0, 0.1) is 0 Å². The molecule has 0 aliphatic carbocycles. The van der Waals surface area contributed by atoms with E-state index >= 15 is 0 Å². The van der Waals surface area contributed by atoms with Crippen molar-refractivity contribution in [2.75, 3.05) is 20.2 Å². The molecule has 1 aliphatic heterocycles. The molecule has 0 radical (unpaired) electrons. The molecule has 158 valence electrons. The molecule has 0 unspecified atom stereocenters. The number of imidazole rings is 1. The van der Waals surface area contributed by atoms with Gasteiger partial charge < -0.3 is 9.64 Å². The van der Waals surface area contributed by atoms with Crippen LogP contribution in [0.25, 0.3) is 16.9 Å². The van der Waals surface area contributed by atoms with Gasteiger partial charge >= 0.3 is 0 Å². The highest BCUT2D eigenvalue weighted by Crippen LogP contribution is 2.20. The van der Waals surface area contributed by atoms with Gasteiger partial charge in [-0.05, 0) is 43.0 Å². The summed E-state index contributed by atoms with van der Waals surface area (Å²) >= 11 is 0. The number of ether oxygens (including phenoxy) is 1. The van der Waals surface area contributed by atoms with Crippen molar-refractivity contribution in [3.05, 3.63) is 66.4 Å². The summed E-state index contributed by atoms with van der Waals surface area (Å²) in [5, 5.41) is 4.47. The smallest absolute Gasteiger partial charge is 0.255 e. The maximum Gasteiger partial charge on any atom is 0.255 e. The molecule has 5 rings (SSSR count). The van der Waals surface area contributed by atoms with Gasteiger partial charge in [0.05, 0.1) is 31.1 Å². The minimum atomic E-state index is 0.0379. The fourth-order valence-corrected chi connectivity index (χ4v) is 3.97. The first-order valence-corrected chi connectivity index (χ1v) is 10.5. The van der Waals surface area contributed by atoms with Gasteiger partial charge in [-0.1, -0.05) is 12.1 Å². The molecular formula is C23H24N6O2. The van der Waals surface area contributed by atoms with Crippen LogP contribution < -0.4 is 4.74 Å². The van der Waals surface area contributed by atoms with Crippen molar-refractivity contribution < 1.29 is 9.53 Å². The summed E-state index contributed by atoms with van der Waals surface area (Å²) in [6.45, 7) is 2.29. The molecule has 0 saturated carbocycles. The van der Waals surface area contributed by atoms with E-state index in [9.17, 15) is 4.79 Å². The highest BCUT2D eigenvalue weighted by molar-refractivity contribution is 5.96. The average Bonchev–Trinajstić information content (AvgIpc) is 3.46. The fraction of sp³-hybridized carbons (Fsp3) is 0.304. The van der Waals surface area contributed by atoms with Crippen molar-refractivity contribution in [1.82, 2.24) is 29.2 Å². The molecule has 31 heavy (non-hydrogen) atoms. The Morgan fingerprint density at radius 3 is 2.65 bits per heavy atom. The molecule has 1 saturated heterocycles. The predicted molar refractivity (Wildman–Crippen MR) is 117 cm³/mol. The number of carbonyl (C=O) groups excluding carboxylic acids is 1. The van der Waals surface area contributed by atoms with Gasteiger partial charge in [0, 0.05) is 25.5 Å². The molecule has 1 aliphatic rings. The first-order valence-electron chi connectivity index (χ1n) is 10.5. The molecule has 1 aromatic carbocycles. The Morgan fingerprint density at radius 1 is 1.06 bits per heavy atom. The number of nitrogens with zero attached hydrogens (tertiary/aromatic N) is 6. The Bertz CT molecular complexity index is 1200. The van der Waals surface area contributed by atoms with Crippen LogP contribution in [0.3, 0.4) is 0 Å². The summed E-state index contributed by atoms with van der Waals surface area (Å²) in [6, 6.07) is 9.76. The number of aromatic nitrogens is 5. The zero-order valence-corrected chi connectivity index (χ0v) is 17.4. The third-order valence-electron chi connectivity index (χ3n) is 5.68. The van der Waals surface area contributed by atoms with Crippen molar-refractivity contribution in [2.45, 2.75) is 25.8 Å². The van der Waals surface area contributed by atoms with Crippen LogP contribution in [0.4, 0.5) is 0 Å². The van der Waals surface area contributed by atoms with Crippen LogP contribution in [0.15, 0.2) is 55.2 Å². The van der Waals surface area contributed by atoms with Crippen molar-refractivity contribution in [1.29, 1.82) is 0 Å². The van der Waals surface area contributed by atoms with Gasteiger partial charge in [0.25, 0.3) is 5.91 Å². The van der Waals surface area contributed by atoms with E-state index in [1.807, 2.05) is 50.7 Å². The predicted octanol–water partition coefficient (Wildman–Crippen LogP) is 3.30. The SMILES string of the molecule is COc1ccc(Cn2cc(-n3cnc4cc(C(=O)N5CCCCC5)cnc43)cn2)cc1. The van der Waals surface area contributed by atoms with Crippen LogP contribution in [0.1, 0.15) is 35.2 Å². The number of likely N-dealkylation sites (tertiary alicyclic amines) is 1. The van der Waals surface area contributed by atoms with Crippen LogP contribution in [0.5, 0.6) is 5.75 Å². The normalized spacial score (nSPS) is 14.2. The molecule has 1 fully saturated rings. The minimum absolute atomic E-state index is 0.0379. The van der Waals surface area contributed by atoms with Gasteiger partial charge in [0.2, 0.25) is 0 Å². The maximum atomic E-state index is 12.8. The van der Waals surface area contributed by atoms with E-state index < -0.39 is 0 Å². The number of hydrogen-bond donors (Lipinski definition) is 0. The monoisotopic (exact) mass is 416 g/mol. The molecule has 0 atom stereocenters. The Labute approximate surface area is 180 Å². The molecule has 0 spiro atoms.